The minimum atomic E-state index is -0.643. The van der Waals surface area contributed by atoms with Crippen LogP contribution < -0.4 is 10.6 Å². The fraction of sp³-hybridized carbons (Fsp3) is 0.222. The van der Waals surface area contributed by atoms with Gasteiger partial charge in [0.05, 0.1) is 25.4 Å². The largest absolute Gasteiger partial charge is 0.465 e. The smallest absolute Gasteiger partial charge is 0.325 e. The Labute approximate surface area is 330 Å². The topological polar surface area (TPSA) is 132 Å². The maximum atomic E-state index is 12.4. The van der Waals surface area contributed by atoms with E-state index in [0.717, 1.165) is 56.0 Å². The number of hydrogen-bond donors (Lipinski definition) is 3. The second-order valence-corrected chi connectivity index (χ2v) is 14.1. The Bertz CT molecular complexity index is 2140. The molecular formula is C45H43N3O7S. The van der Waals surface area contributed by atoms with Gasteiger partial charge in [-0.3, -0.25) is 4.79 Å². The maximum Gasteiger partial charge on any atom is 0.325 e. The lowest BCUT2D eigenvalue weighted by Crippen LogP contribution is -2.38. The monoisotopic (exact) mass is 769 g/mol. The highest BCUT2D eigenvalue weighted by Gasteiger charge is 2.33. The Morgan fingerprint density at radius 2 is 1.46 bits per heavy atom. The number of oxazole rings is 1. The van der Waals surface area contributed by atoms with Crippen LogP contribution in [-0.2, 0) is 32.2 Å². The molecule has 1 aromatic heterocycles. The Morgan fingerprint density at radius 1 is 0.786 bits per heavy atom. The number of ether oxygens (including phenoxy) is 3. The number of hydrogen-bond acceptors (Lipinski definition) is 9. The van der Waals surface area contributed by atoms with E-state index in [1.54, 1.807) is 6.92 Å². The van der Waals surface area contributed by atoms with Crippen LogP contribution >= 0.6 is 11.8 Å². The first-order valence-corrected chi connectivity index (χ1v) is 19.6. The average molecular weight is 770 g/mol. The van der Waals surface area contributed by atoms with Crippen LogP contribution in [0.3, 0.4) is 0 Å². The Balaban J connectivity index is 1.08. The summed E-state index contributed by atoms with van der Waals surface area (Å²) in [5, 5.41) is 15.6. The molecule has 0 radical (unpaired) electrons. The van der Waals surface area contributed by atoms with Gasteiger partial charge in [0, 0.05) is 35.4 Å². The van der Waals surface area contributed by atoms with Gasteiger partial charge < -0.3 is 34.4 Å². The molecule has 56 heavy (non-hydrogen) atoms. The third-order valence-electron chi connectivity index (χ3n) is 9.35. The van der Waals surface area contributed by atoms with Crippen LogP contribution in [0.15, 0.2) is 143 Å². The van der Waals surface area contributed by atoms with Crippen molar-refractivity contribution in [1.29, 1.82) is 0 Å². The van der Waals surface area contributed by atoms with Gasteiger partial charge in [0.25, 0.3) is 5.22 Å². The predicted octanol–water partition coefficient (Wildman–Crippen LogP) is 8.87. The summed E-state index contributed by atoms with van der Waals surface area (Å²) in [5.41, 5.74) is 8.27. The van der Waals surface area contributed by atoms with Crippen molar-refractivity contribution in [3.63, 3.8) is 0 Å². The number of carbonyl (C=O) groups is 2. The van der Waals surface area contributed by atoms with Crippen LogP contribution in [0.4, 0.5) is 4.79 Å². The number of benzene rings is 5. The average Bonchev–Trinajstić information content (AvgIpc) is 3.69. The first kappa shape index (κ1) is 38.6. The summed E-state index contributed by atoms with van der Waals surface area (Å²) in [6, 6.07) is 43.3. The summed E-state index contributed by atoms with van der Waals surface area (Å²) < 4.78 is 24.6. The first-order valence-electron chi connectivity index (χ1n) is 18.6. The minimum absolute atomic E-state index is 0.0306. The molecule has 5 aromatic carbocycles. The van der Waals surface area contributed by atoms with E-state index in [0.29, 0.717) is 17.4 Å². The number of thioether (sulfide) groups is 1. The molecule has 1 aliphatic rings. The predicted molar refractivity (Wildman–Crippen MR) is 215 cm³/mol. The lowest BCUT2D eigenvalue weighted by molar-refractivity contribution is -0.245. The molecule has 1 aliphatic heterocycles. The number of nitrogens with zero attached hydrogens (tertiary/aromatic N) is 1. The summed E-state index contributed by atoms with van der Waals surface area (Å²) in [6.45, 7) is 2.00. The molecule has 11 heteroatoms. The van der Waals surface area contributed by atoms with Crippen molar-refractivity contribution in [2.45, 2.75) is 50.2 Å². The molecule has 0 spiro atoms. The Morgan fingerprint density at radius 3 is 2.18 bits per heavy atom. The third-order valence-corrected chi connectivity index (χ3v) is 10.3. The van der Waals surface area contributed by atoms with Gasteiger partial charge in [0.2, 0.25) is 0 Å². The number of urea groups is 1. The van der Waals surface area contributed by atoms with Gasteiger partial charge in [-0.2, -0.15) is 0 Å². The molecule has 10 nitrogen and oxygen atoms in total. The van der Waals surface area contributed by atoms with Gasteiger partial charge in [0.1, 0.15) is 12.2 Å². The zero-order valence-electron chi connectivity index (χ0n) is 30.9. The highest BCUT2D eigenvalue weighted by atomic mass is 32.2. The van der Waals surface area contributed by atoms with Gasteiger partial charge in [-0.25, -0.2) is 9.78 Å². The standard InChI is InChI=1S/C45H43N3O7S/c1-2-52-40(50)27-47-44(51)46-26-36-15-9-10-16-38(36)31-21-23-35(24-22-31)43-53-37(25-39(54-43)32-19-17-30(28-49)18-20-32)29-56-45-48-41(33-11-5-3-6-12-33)42(55-45)34-13-7-4-8-14-34/h3-24,37,39,43,49H,2,25-29H2,1H3,(H2,46,47,51). The van der Waals surface area contributed by atoms with E-state index in [9.17, 15) is 14.7 Å². The van der Waals surface area contributed by atoms with Crippen LogP contribution in [0, 0.1) is 0 Å². The normalized spacial score (nSPS) is 16.6. The van der Waals surface area contributed by atoms with Crippen LogP contribution in [0.2, 0.25) is 0 Å². The molecule has 0 aliphatic carbocycles. The van der Waals surface area contributed by atoms with Gasteiger partial charge in [-0.05, 0) is 34.7 Å². The van der Waals surface area contributed by atoms with Gasteiger partial charge in [-0.15, -0.1) is 0 Å². The molecule has 2 heterocycles. The number of aliphatic hydroxyl groups excluding tert-OH is 1. The summed E-state index contributed by atoms with van der Waals surface area (Å²) in [4.78, 5) is 28.9. The maximum absolute atomic E-state index is 12.4. The Kier molecular flexibility index (Phi) is 12.9. The number of amides is 2. The Hall–Kier alpha value is -5.72. The van der Waals surface area contributed by atoms with Crippen molar-refractivity contribution in [3.8, 4) is 33.7 Å². The van der Waals surface area contributed by atoms with Crippen LogP contribution in [0.1, 0.15) is 48.0 Å². The van der Waals surface area contributed by atoms with E-state index in [4.69, 9.17) is 23.6 Å². The van der Waals surface area contributed by atoms with Crippen molar-refractivity contribution >= 4 is 23.8 Å². The van der Waals surface area contributed by atoms with Crippen molar-refractivity contribution in [2.24, 2.45) is 0 Å². The summed E-state index contributed by atoms with van der Waals surface area (Å²) in [6.07, 6.45) is -0.478. The molecule has 3 N–H and O–H groups in total. The fourth-order valence-corrected chi connectivity index (χ4v) is 7.35. The lowest BCUT2D eigenvalue weighted by atomic mass is 9.98. The van der Waals surface area contributed by atoms with Crippen molar-refractivity contribution in [1.82, 2.24) is 15.6 Å². The summed E-state index contributed by atoms with van der Waals surface area (Å²) in [7, 11) is 0. The number of aromatic nitrogens is 1. The molecule has 286 valence electrons. The second-order valence-electron chi connectivity index (χ2n) is 13.2. The molecular weight excluding hydrogens is 727 g/mol. The molecule has 3 unspecified atom stereocenters. The third kappa shape index (κ3) is 9.74. The minimum Gasteiger partial charge on any atom is -0.465 e. The molecule has 6 aromatic rings. The van der Waals surface area contributed by atoms with E-state index < -0.39 is 18.3 Å². The zero-order valence-corrected chi connectivity index (χ0v) is 31.7. The molecule has 0 saturated carbocycles. The molecule has 0 bridgehead atoms. The van der Waals surface area contributed by atoms with Gasteiger partial charge in [0.15, 0.2) is 12.1 Å². The highest BCUT2D eigenvalue weighted by molar-refractivity contribution is 7.99. The molecule has 3 atom stereocenters. The van der Waals surface area contributed by atoms with Crippen molar-refractivity contribution in [3.05, 3.63) is 156 Å². The number of carbonyl (C=O) groups excluding carboxylic acids is 2. The molecule has 1 saturated heterocycles. The van der Waals surface area contributed by atoms with Gasteiger partial charge in [-0.1, -0.05) is 145 Å². The van der Waals surface area contributed by atoms with Crippen LogP contribution in [-0.4, -0.2) is 47.1 Å². The zero-order chi connectivity index (χ0) is 38.7. The summed E-state index contributed by atoms with van der Waals surface area (Å²) in [5.74, 6) is 0.816. The van der Waals surface area contributed by atoms with E-state index in [-0.39, 0.29) is 38.5 Å². The van der Waals surface area contributed by atoms with Gasteiger partial charge >= 0.3 is 12.0 Å². The first-order chi connectivity index (χ1) is 27.5. The van der Waals surface area contributed by atoms with Crippen LogP contribution in [0.5, 0.6) is 0 Å². The van der Waals surface area contributed by atoms with Crippen LogP contribution in [0.25, 0.3) is 33.7 Å². The molecule has 1 fully saturated rings. The van der Waals surface area contributed by atoms with E-state index in [1.807, 2.05) is 133 Å². The SMILES string of the molecule is CCOC(=O)CNC(=O)NCc1ccccc1-c1ccc(C2OC(CSc3nc(-c4ccccc4)c(-c4ccccc4)o3)CC(c3ccc(CO)cc3)O2)cc1. The lowest BCUT2D eigenvalue weighted by Gasteiger charge is -2.36. The second kappa shape index (κ2) is 18.7. The van der Waals surface area contributed by atoms with E-state index >= 15 is 0 Å². The fourth-order valence-electron chi connectivity index (χ4n) is 6.50. The van der Waals surface area contributed by atoms with E-state index in [1.165, 1.54) is 11.8 Å². The number of esters is 1. The van der Waals surface area contributed by atoms with Crippen molar-refractivity contribution < 1.29 is 33.3 Å². The van der Waals surface area contributed by atoms with E-state index in [2.05, 4.69) is 10.6 Å². The number of nitrogens with one attached hydrogen (secondary N) is 2. The number of rotatable bonds is 14. The summed E-state index contributed by atoms with van der Waals surface area (Å²) >= 11 is 1.52. The highest BCUT2D eigenvalue weighted by Crippen LogP contribution is 2.41. The molecule has 2 amide bonds. The molecule has 7 rings (SSSR count). The quantitative estimate of drug-likeness (QED) is 0.0734. The number of aliphatic hydroxyl groups is 1. The van der Waals surface area contributed by atoms with Crippen molar-refractivity contribution in [2.75, 3.05) is 18.9 Å².